The van der Waals surface area contributed by atoms with Gasteiger partial charge in [0.2, 0.25) is 0 Å². The fourth-order valence-electron chi connectivity index (χ4n) is 4.51. The second kappa shape index (κ2) is 8.89. The average molecular weight is 477 g/mol. The molecule has 0 spiro atoms. The lowest BCUT2D eigenvalue weighted by Gasteiger charge is -2.15. The fraction of sp³-hybridized carbons (Fsp3) is 0.107. The molecule has 0 fully saturated rings. The second-order valence-electron chi connectivity index (χ2n) is 8.46. The molecule has 35 heavy (non-hydrogen) atoms. The van der Waals surface area contributed by atoms with E-state index in [1.54, 1.807) is 6.33 Å². The Labute approximate surface area is 207 Å². The number of anilines is 2. The monoisotopic (exact) mass is 476 g/mol. The zero-order valence-electron chi connectivity index (χ0n) is 19.0. The molecule has 0 radical (unpaired) electrons. The molecule has 1 aliphatic heterocycles. The Morgan fingerprint density at radius 3 is 2.66 bits per heavy atom. The number of aromatic nitrogens is 4. The van der Waals surface area contributed by atoms with Gasteiger partial charge in [-0.1, -0.05) is 23.7 Å². The number of aryl methyl sites for hydroxylation is 1. The summed E-state index contributed by atoms with van der Waals surface area (Å²) in [4.78, 5) is 22.9. The maximum atomic E-state index is 6.05. The highest BCUT2D eigenvalue weighted by molar-refractivity contribution is 6.30. The van der Waals surface area contributed by atoms with Crippen molar-refractivity contribution in [3.05, 3.63) is 101 Å². The molecule has 7 heteroatoms. The normalized spacial score (nSPS) is 12.2. The van der Waals surface area contributed by atoms with Crippen LogP contribution in [-0.2, 0) is 12.8 Å². The summed E-state index contributed by atoms with van der Waals surface area (Å²) in [5.74, 6) is 0.801. The smallest absolute Gasteiger partial charge is 0.138 e. The Kier molecular flexibility index (Phi) is 5.43. The zero-order valence-corrected chi connectivity index (χ0v) is 19.8. The van der Waals surface area contributed by atoms with E-state index >= 15 is 0 Å². The molecule has 3 aromatic heterocycles. The minimum Gasteiger partial charge on any atom is -0.340 e. The van der Waals surface area contributed by atoms with Crippen molar-refractivity contribution in [3.63, 3.8) is 0 Å². The van der Waals surface area contributed by atoms with Crippen LogP contribution in [-0.4, -0.2) is 26.2 Å². The first kappa shape index (κ1) is 21.4. The highest BCUT2D eigenvalue weighted by Crippen LogP contribution is 2.36. The van der Waals surface area contributed by atoms with E-state index in [0.29, 0.717) is 11.4 Å². The molecule has 6 rings (SSSR count). The molecule has 6 nitrogen and oxygen atoms in total. The lowest BCUT2D eigenvalue weighted by atomic mass is 9.94. The van der Waals surface area contributed by atoms with E-state index in [9.17, 15) is 0 Å². The van der Waals surface area contributed by atoms with Gasteiger partial charge in [0.05, 0.1) is 11.4 Å². The summed E-state index contributed by atoms with van der Waals surface area (Å²) in [6.07, 6.45) is 8.57. The maximum Gasteiger partial charge on any atom is 0.138 e. The molecule has 4 heterocycles. The highest BCUT2D eigenvalue weighted by Gasteiger charge is 2.19. The summed E-state index contributed by atoms with van der Waals surface area (Å²) in [6.45, 7) is 2.14. The van der Waals surface area contributed by atoms with Crippen molar-refractivity contribution in [1.82, 2.24) is 19.9 Å². The van der Waals surface area contributed by atoms with E-state index in [1.165, 1.54) is 11.1 Å². The summed E-state index contributed by atoms with van der Waals surface area (Å²) in [5, 5.41) is 6.32. The number of benzene rings is 2. The largest absolute Gasteiger partial charge is 0.340 e. The Morgan fingerprint density at radius 1 is 0.886 bits per heavy atom. The summed E-state index contributed by atoms with van der Waals surface area (Å²) in [5.41, 5.74) is 7.90. The first-order valence-corrected chi connectivity index (χ1v) is 11.8. The molecule has 1 aliphatic rings. The maximum absolute atomic E-state index is 6.05. The van der Waals surface area contributed by atoms with Crippen LogP contribution in [0.2, 0.25) is 5.02 Å². The molecule has 0 atom stereocenters. The van der Waals surface area contributed by atoms with Gasteiger partial charge in [-0.05, 0) is 65.9 Å². The van der Waals surface area contributed by atoms with Crippen molar-refractivity contribution in [2.45, 2.75) is 19.8 Å². The molecule has 0 bridgehead atoms. The predicted molar refractivity (Wildman–Crippen MR) is 141 cm³/mol. The number of nitrogens with one attached hydrogen (secondary N) is 1. The van der Waals surface area contributed by atoms with Crippen LogP contribution in [0.15, 0.2) is 78.3 Å². The third kappa shape index (κ3) is 4.02. The highest BCUT2D eigenvalue weighted by atomic mass is 35.5. The van der Waals surface area contributed by atoms with E-state index in [4.69, 9.17) is 16.6 Å². The molecular weight excluding hydrogens is 456 g/mol. The lowest BCUT2D eigenvalue weighted by molar-refractivity contribution is 1.05. The van der Waals surface area contributed by atoms with Gasteiger partial charge in [-0.2, -0.15) is 0 Å². The minimum atomic E-state index is 0.659. The Morgan fingerprint density at radius 2 is 1.77 bits per heavy atom. The summed E-state index contributed by atoms with van der Waals surface area (Å²) in [7, 11) is 0. The van der Waals surface area contributed by atoms with E-state index in [1.807, 2.05) is 48.9 Å². The van der Waals surface area contributed by atoms with Crippen LogP contribution in [0.25, 0.3) is 22.0 Å². The molecule has 1 N–H and O–H groups in total. The van der Waals surface area contributed by atoms with Crippen LogP contribution in [0, 0.1) is 6.92 Å². The Bertz CT molecular complexity index is 1590. The average Bonchev–Trinajstić information content (AvgIpc) is 3.37. The van der Waals surface area contributed by atoms with Crippen LogP contribution in [0.1, 0.15) is 22.5 Å². The van der Waals surface area contributed by atoms with Gasteiger partial charge in [0, 0.05) is 53.1 Å². The quantitative estimate of drug-likeness (QED) is 0.307. The van der Waals surface area contributed by atoms with E-state index in [2.05, 4.69) is 56.5 Å². The van der Waals surface area contributed by atoms with Crippen LogP contribution in [0.5, 0.6) is 0 Å². The molecule has 2 aromatic carbocycles. The van der Waals surface area contributed by atoms with Gasteiger partial charge in [0.25, 0.3) is 0 Å². The van der Waals surface area contributed by atoms with Crippen molar-refractivity contribution in [3.8, 4) is 11.3 Å². The minimum absolute atomic E-state index is 0.659. The zero-order chi connectivity index (χ0) is 23.8. The number of fused-ring (bicyclic) bond motifs is 2. The molecule has 0 amide bonds. The first-order chi connectivity index (χ1) is 17.2. The van der Waals surface area contributed by atoms with Crippen LogP contribution in [0.3, 0.4) is 0 Å². The number of aliphatic imine (C=N–C) groups is 1. The van der Waals surface area contributed by atoms with Crippen LogP contribution >= 0.6 is 11.6 Å². The third-order valence-corrected chi connectivity index (χ3v) is 6.54. The van der Waals surface area contributed by atoms with Gasteiger partial charge in [-0.25, -0.2) is 15.0 Å². The third-order valence-electron chi connectivity index (χ3n) is 6.29. The number of hydrogen-bond acceptors (Lipinski definition) is 6. The van der Waals surface area contributed by atoms with Crippen molar-refractivity contribution in [2.24, 2.45) is 4.99 Å². The van der Waals surface area contributed by atoms with Gasteiger partial charge in [0.15, 0.2) is 0 Å². The van der Waals surface area contributed by atoms with Gasteiger partial charge in [-0.3, -0.25) is 9.98 Å². The van der Waals surface area contributed by atoms with Gasteiger partial charge >= 0.3 is 0 Å². The summed E-state index contributed by atoms with van der Waals surface area (Å²) in [6, 6.07) is 17.9. The summed E-state index contributed by atoms with van der Waals surface area (Å²) >= 11 is 6.05. The van der Waals surface area contributed by atoms with Gasteiger partial charge in [0.1, 0.15) is 23.5 Å². The number of halogens is 1. The van der Waals surface area contributed by atoms with Crippen LogP contribution in [0.4, 0.5) is 17.2 Å². The molecule has 0 saturated carbocycles. The fourth-order valence-corrected chi connectivity index (χ4v) is 4.64. The first-order valence-electron chi connectivity index (χ1n) is 11.4. The van der Waals surface area contributed by atoms with Gasteiger partial charge < -0.3 is 5.32 Å². The standard InChI is InChI=1S/C28H21ClN6/c1-17-4-9-21-20(10-13-32-28(21)35-19-7-5-18(29)6-8-19)23(17)15-25-22(3-2-12-30-25)26-27-24(11-14-31-27)33-16-34-26/h2-10,12-14,16H,11,15H2,1H3,(H,32,35). The van der Waals surface area contributed by atoms with Gasteiger partial charge in [-0.15, -0.1) is 0 Å². The second-order valence-corrected chi connectivity index (χ2v) is 8.89. The number of pyridine rings is 2. The van der Waals surface area contributed by atoms with Crippen molar-refractivity contribution in [1.29, 1.82) is 0 Å². The molecule has 5 aromatic rings. The summed E-state index contributed by atoms with van der Waals surface area (Å²) < 4.78 is 0. The number of hydrogen-bond donors (Lipinski definition) is 1. The van der Waals surface area contributed by atoms with Crippen LogP contribution < -0.4 is 5.32 Å². The topological polar surface area (TPSA) is 76.0 Å². The number of rotatable bonds is 5. The van der Waals surface area contributed by atoms with Crippen molar-refractivity contribution < 1.29 is 0 Å². The molecule has 0 saturated heterocycles. The lowest BCUT2D eigenvalue weighted by Crippen LogP contribution is -2.02. The molecule has 0 unspecified atom stereocenters. The Hall–Kier alpha value is -4.16. The SMILES string of the molecule is Cc1ccc2c(Nc3ccc(Cl)cc3)nccc2c1Cc1ncccc1-c1ncnc2c1N=CC2. The number of nitrogens with zero attached hydrogens (tertiary/aromatic N) is 5. The van der Waals surface area contributed by atoms with Crippen molar-refractivity contribution in [2.75, 3.05) is 5.32 Å². The molecular formula is C28H21ClN6. The van der Waals surface area contributed by atoms with Crippen molar-refractivity contribution >= 4 is 45.8 Å². The Balaban J connectivity index is 1.43. The predicted octanol–water partition coefficient (Wildman–Crippen LogP) is 6.64. The van der Waals surface area contributed by atoms with E-state index < -0.39 is 0 Å². The molecule has 0 aliphatic carbocycles. The van der Waals surface area contributed by atoms with E-state index in [-0.39, 0.29) is 0 Å². The van der Waals surface area contributed by atoms with E-state index in [0.717, 1.165) is 57.0 Å². The molecule has 170 valence electrons.